The zero-order chi connectivity index (χ0) is 8.23. The number of H-pyrrole nitrogens is 1. The van der Waals surface area contributed by atoms with Gasteiger partial charge in [-0.25, -0.2) is 10.3 Å². The van der Waals surface area contributed by atoms with Crippen molar-refractivity contribution < 1.29 is 0 Å². The van der Waals surface area contributed by atoms with Crippen LogP contribution in [0.3, 0.4) is 0 Å². The Morgan fingerprint density at radius 3 is 3.17 bits per heavy atom. The molecule has 65 valence electrons. The molecule has 0 spiro atoms. The summed E-state index contributed by atoms with van der Waals surface area (Å²) in [6.07, 6.45) is 8.51. The number of aromatic nitrogens is 2. The summed E-state index contributed by atoms with van der Waals surface area (Å²) in [5.74, 6) is 1.07. The summed E-state index contributed by atoms with van der Waals surface area (Å²) in [5.41, 5.74) is 0. The van der Waals surface area contributed by atoms with Crippen molar-refractivity contribution in [3.8, 4) is 0 Å². The lowest BCUT2D eigenvalue weighted by molar-refractivity contribution is 0.387. The number of nitrogens with zero attached hydrogens (tertiary/aromatic N) is 2. The normalized spacial score (nSPS) is 24.2. The average Bonchev–Trinajstić information content (AvgIpc) is 2.59. The first-order chi connectivity index (χ1) is 5.95. The maximum atomic E-state index is 4.54. The summed E-state index contributed by atoms with van der Waals surface area (Å²) in [6, 6.07) is 0.518. The molecular weight excluding hydrogens is 150 g/mol. The molecule has 0 saturated carbocycles. The van der Waals surface area contributed by atoms with Gasteiger partial charge >= 0.3 is 0 Å². The molecule has 12 heavy (non-hydrogen) atoms. The Kier molecular flexibility index (Phi) is 2.42. The van der Waals surface area contributed by atoms with E-state index in [4.69, 9.17) is 0 Å². The minimum atomic E-state index is 0.518. The van der Waals surface area contributed by atoms with Gasteiger partial charge in [-0.3, -0.25) is 0 Å². The van der Waals surface area contributed by atoms with Gasteiger partial charge in [0.15, 0.2) is 0 Å². The Balaban J connectivity index is 1.86. The molecule has 3 nitrogen and oxygen atoms in total. The molecular formula is C9H14N3. The van der Waals surface area contributed by atoms with E-state index in [0.717, 1.165) is 18.8 Å². The van der Waals surface area contributed by atoms with Crippen molar-refractivity contribution >= 4 is 0 Å². The lowest BCUT2D eigenvalue weighted by Gasteiger charge is -2.20. The van der Waals surface area contributed by atoms with E-state index in [1.807, 2.05) is 6.20 Å². The Labute approximate surface area is 72.6 Å². The maximum Gasteiger partial charge on any atom is 0.107 e. The van der Waals surface area contributed by atoms with Crippen LogP contribution in [0.5, 0.6) is 0 Å². The summed E-state index contributed by atoms with van der Waals surface area (Å²) in [6.45, 7) is 1.05. The topological polar surface area (TPSA) is 42.8 Å². The first kappa shape index (κ1) is 7.80. The van der Waals surface area contributed by atoms with Gasteiger partial charge in [0.1, 0.15) is 5.82 Å². The van der Waals surface area contributed by atoms with Crippen LogP contribution < -0.4 is 5.32 Å². The molecule has 2 heterocycles. The number of imidazole rings is 1. The third-order valence-electron chi connectivity index (χ3n) is 2.32. The molecule has 1 aliphatic heterocycles. The van der Waals surface area contributed by atoms with Gasteiger partial charge in [0.2, 0.25) is 0 Å². The fraction of sp³-hybridized carbons (Fsp3) is 0.667. The lowest BCUT2D eigenvalue weighted by Crippen LogP contribution is -2.29. The molecule has 1 saturated heterocycles. The second-order valence-electron chi connectivity index (χ2n) is 3.30. The van der Waals surface area contributed by atoms with E-state index in [0.29, 0.717) is 6.04 Å². The molecule has 1 radical (unpaired) electrons. The monoisotopic (exact) mass is 164 g/mol. The van der Waals surface area contributed by atoms with Gasteiger partial charge in [0.05, 0.1) is 0 Å². The second kappa shape index (κ2) is 3.72. The largest absolute Gasteiger partial charge is 0.349 e. The molecule has 2 rings (SSSR count). The fourth-order valence-electron chi connectivity index (χ4n) is 1.66. The molecule has 0 bridgehead atoms. The Morgan fingerprint density at radius 1 is 1.50 bits per heavy atom. The lowest BCUT2D eigenvalue weighted by atomic mass is 10.0. The number of hydrogen-bond donors (Lipinski definition) is 1. The van der Waals surface area contributed by atoms with E-state index in [1.54, 1.807) is 6.20 Å². The predicted octanol–water partition coefficient (Wildman–Crippen LogP) is 1.11. The van der Waals surface area contributed by atoms with Crippen LogP contribution in [0.15, 0.2) is 12.4 Å². The molecule has 1 atom stereocenters. The van der Waals surface area contributed by atoms with Gasteiger partial charge in [-0.2, -0.15) is 0 Å². The third-order valence-corrected chi connectivity index (χ3v) is 2.32. The molecule has 1 unspecified atom stereocenters. The van der Waals surface area contributed by atoms with Crippen LogP contribution in [0.2, 0.25) is 0 Å². The SMILES string of the molecule is c1c[nH]c(CC2CCCC[N]2)n1. The molecule has 0 aliphatic carbocycles. The summed E-state index contributed by atoms with van der Waals surface area (Å²) in [5, 5.41) is 4.54. The highest BCUT2D eigenvalue weighted by atomic mass is 14.9. The number of hydrogen-bond acceptors (Lipinski definition) is 1. The Hall–Kier alpha value is -0.830. The number of piperidine rings is 1. The van der Waals surface area contributed by atoms with Gasteiger partial charge in [-0.1, -0.05) is 6.42 Å². The van der Waals surface area contributed by atoms with Gasteiger partial charge in [0.25, 0.3) is 0 Å². The molecule has 0 amide bonds. The highest BCUT2D eigenvalue weighted by Crippen LogP contribution is 2.11. The van der Waals surface area contributed by atoms with Crippen molar-refractivity contribution in [3.63, 3.8) is 0 Å². The minimum Gasteiger partial charge on any atom is -0.349 e. The van der Waals surface area contributed by atoms with Crippen LogP contribution in [0.1, 0.15) is 25.1 Å². The predicted molar refractivity (Wildman–Crippen MR) is 46.9 cm³/mol. The van der Waals surface area contributed by atoms with Crippen molar-refractivity contribution in [2.45, 2.75) is 31.7 Å². The summed E-state index contributed by atoms with van der Waals surface area (Å²) in [7, 11) is 0. The van der Waals surface area contributed by atoms with Crippen molar-refractivity contribution in [1.29, 1.82) is 0 Å². The van der Waals surface area contributed by atoms with Crippen molar-refractivity contribution in [2.24, 2.45) is 0 Å². The first-order valence-corrected chi connectivity index (χ1v) is 4.60. The molecule has 1 fully saturated rings. The average molecular weight is 164 g/mol. The van der Waals surface area contributed by atoms with Crippen LogP contribution in [0.4, 0.5) is 0 Å². The zero-order valence-corrected chi connectivity index (χ0v) is 7.16. The van der Waals surface area contributed by atoms with Gasteiger partial charge < -0.3 is 4.98 Å². The summed E-state index contributed by atoms with van der Waals surface area (Å²) in [4.78, 5) is 7.31. The Bertz CT molecular complexity index is 212. The molecule has 0 aromatic carbocycles. The Morgan fingerprint density at radius 2 is 2.50 bits per heavy atom. The van der Waals surface area contributed by atoms with E-state index in [1.165, 1.54) is 19.3 Å². The molecule has 1 aliphatic rings. The third kappa shape index (κ3) is 1.85. The highest BCUT2D eigenvalue weighted by Gasteiger charge is 2.14. The fourth-order valence-corrected chi connectivity index (χ4v) is 1.66. The standard InChI is InChI=1S/C9H14N3/c1-2-4-10-8(3-1)7-9-11-5-6-12-9/h5-6,8H,1-4,7H2,(H,11,12). The highest BCUT2D eigenvalue weighted by molar-refractivity contribution is 4.91. The van der Waals surface area contributed by atoms with Crippen LogP contribution in [0, 0.1) is 0 Å². The van der Waals surface area contributed by atoms with E-state index < -0.39 is 0 Å². The van der Waals surface area contributed by atoms with E-state index >= 15 is 0 Å². The second-order valence-corrected chi connectivity index (χ2v) is 3.30. The van der Waals surface area contributed by atoms with Crippen LogP contribution in [-0.4, -0.2) is 22.6 Å². The van der Waals surface area contributed by atoms with E-state index in [2.05, 4.69) is 15.3 Å². The zero-order valence-electron chi connectivity index (χ0n) is 7.16. The van der Waals surface area contributed by atoms with Crippen molar-refractivity contribution in [2.75, 3.05) is 6.54 Å². The van der Waals surface area contributed by atoms with E-state index in [9.17, 15) is 0 Å². The number of aromatic amines is 1. The van der Waals surface area contributed by atoms with Gasteiger partial charge in [0, 0.05) is 31.4 Å². The number of rotatable bonds is 2. The smallest absolute Gasteiger partial charge is 0.107 e. The summed E-state index contributed by atoms with van der Waals surface area (Å²) < 4.78 is 0. The summed E-state index contributed by atoms with van der Waals surface area (Å²) >= 11 is 0. The maximum absolute atomic E-state index is 4.54. The van der Waals surface area contributed by atoms with Crippen molar-refractivity contribution in [1.82, 2.24) is 15.3 Å². The molecule has 1 aromatic rings. The molecule has 1 N–H and O–H groups in total. The van der Waals surface area contributed by atoms with Crippen LogP contribution in [-0.2, 0) is 6.42 Å². The van der Waals surface area contributed by atoms with Crippen LogP contribution >= 0.6 is 0 Å². The molecule has 3 heteroatoms. The van der Waals surface area contributed by atoms with Gasteiger partial charge in [-0.15, -0.1) is 0 Å². The minimum absolute atomic E-state index is 0.518. The number of nitrogens with one attached hydrogen (secondary N) is 1. The molecule has 1 aromatic heterocycles. The van der Waals surface area contributed by atoms with Crippen LogP contribution in [0.25, 0.3) is 0 Å². The van der Waals surface area contributed by atoms with Gasteiger partial charge in [-0.05, 0) is 12.8 Å². The quantitative estimate of drug-likeness (QED) is 0.699. The first-order valence-electron chi connectivity index (χ1n) is 4.60. The van der Waals surface area contributed by atoms with Crippen molar-refractivity contribution in [3.05, 3.63) is 18.2 Å². The van der Waals surface area contributed by atoms with E-state index in [-0.39, 0.29) is 0 Å².